The van der Waals surface area contributed by atoms with Crippen molar-refractivity contribution in [3.05, 3.63) is 78.1 Å². The molecule has 8 heteroatoms. The van der Waals surface area contributed by atoms with Crippen LogP contribution in [0.1, 0.15) is 5.56 Å². The lowest BCUT2D eigenvalue weighted by atomic mass is 10.2. The number of benzene rings is 2. The van der Waals surface area contributed by atoms with Gasteiger partial charge in [-0.05, 0) is 35.9 Å². The van der Waals surface area contributed by atoms with Gasteiger partial charge in [-0.25, -0.2) is 4.39 Å². The molecule has 0 N–H and O–H groups in total. The molecule has 2 aromatic carbocycles. The van der Waals surface area contributed by atoms with Gasteiger partial charge in [-0.2, -0.15) is 0 Å². The van der Waals surface area contributed by atoms with Gasteiger partial charge in [0.15, 0.2) is 12.4 Å². The van der Waals surface area contributed by atoms with Crippen LogP contribution in [0.15, 0.2) is 66.7 Å². The van der Waals surface area contributed by atoms with Gasteiger partial charge >= 0.3 is 0 Å². The van der Waals surface area contributed by atoms with E-state index >= 15 is 0 Å². The van der Waals surface area contributed by atoms with Crippen molar-refractivity contribution in [2.24, 2.45) is 0 Å². The molecule has 162 valence electrons. The SMILES string of the molecule is CN(CCOc1ccccc1)C(=O)COc1ccc(N(C)Cc2ccc(F)cc2)nn1. The van der Waals surface area contributed by atoms with Gasteiger partial charge in [-0.15, -0.1) is 10.2 Å². The number of aromatic nitrogens is 2. The highest BCUT2D eigenvalue weighted by atomic mass is 19.1. The predicted octanol–water partition coefficient (Wildman–Crippen LogP) is 3.17. The molecule has 0 fully saturated rings. The predicted molar refractivity (Wildman–Crippen MR) is 116 cm³/mol. The van der Waals surface area contributed by atoms with Crippen LogP contribution in [0.3, 0.4) is 0 Å². The van der Waals surface area contributed by atoms with Crippen LogP contribution >= 0.6 is 0 Å². The number of amides is 1. The number of halogens is 1. The largest absolute Gasteiger partial charge is 0.492 e. The van der Waals surface area contributed by atoms with Crippen molar-refractivity contribution in [2.45, 2.75) is 6.54 Å². The van der Waals surface area contributed by atoms with E-state index in [4.69, 9.17) is 9.47 Å². The Kier molecular flexibility index (Phi) is 7.75. The summed E-state index contributed by atoms with van der Waals surface area (Å²) in [5, 5.41) is 8.15. The number of para-hydroxylation sites is 1. The van der Waals surface area contributed by atoms with Gasteiger partial charge < -0.3 is 19.3 Å². The minimum absolute atomic E-state index is 0.138. The minimum atomic E-state index is -0.267. The van der Waals surface area contributed by atoms with E-state index in [1.54, 1.807) is 36.2 Å². The average Bonchev–Trinajstić information content (AvgIpc) is 2.80. The molecule has 0 aliphatic rings. The van der Waals surface area contributed by atoms with Crippen molar-refractivity contribution in [1.82, 2.24) is 15.1 Å². The summed E-state index contributed by atoms with van der Waals surface area (Å²) in [6, 6.07) is 19.2. The molecule has 1 aromatic heterocycles. The molecule has 0 spiro atoms. The van der Waals surface area contributed by atoms with E-state index in [2.05, 4.69) is 10.2 Å². The highest BCUT2D eigenvalue weighted by molar-refractivity contribution is 5.77. The number of anilines is 1. The summed E-state index contributed by atoms with van der Waals surface area (Å²) >= 11 is 0. The normalized spacial score (nSPS) is 10.4. The molecule has 1 amide bonds. The lowest BCUT2D eigenvalue weighted by Gasteiger charge is -2.18. The van der Waals surface area contributed by atoms with Gasteiger partial charge in [0, 0.05) is 26.7 Å². The van der Waals surface area contributed by atoms with Crippen molar-refractivity contribution in [3.8, 4) is 11.6 Å². The van der Waals surface area contributed by atoms with Gasteiger partial charge in [0.25, 0.3) is 5.91 Å². The third-order valence-corrected chi connectivity index (χ3v) is 4.56. The summed E-state index contributed by atoms with van der Waals surface area (Å²) < 4.78 is 24.1. The Labute approximate surface area is 181 Å². The van der Waals surface area contributed by atoms with Crippen LogP contribution < -0.4 is 14.4 Å². The maximum atomic E-state index is 13.0. The van der Waals surface area contributed by atoms with Gasteiger partial charge in [-0.1, -0.05) is 30.3 Å². The first-order valence-electron chi connectivity index (χ1n) is 9.85. The maximum Gasteiger partial charge on any atom is 0.260 e. The summed E-state index contributed by atoms with van der Waals surface area (Å²) in [7, 11) is 3.56. The molecule has 7 nitrogen and oxygen atoms in total. The van der Waals surface area contributed by atoms with Crippen LogP contribution in [0.5, 0.6) is 11.6 Å². The zero-order chi connectivity index (χ0) is 22.1. The molecular weight excluding hydrogens is 399 g/mol. The van der Waals surface area contributed by atoms with Crippen molar-refractivity contribution in [1.29, 1.82) is 0 Å². The van der Waals surface area contributed by atoms with Gasteiger partial charge in [0.2, 0.25) is 5.88 Å². The second-order valence-corrected chi connectivity index (χ2v) is 6.98. The average molecular weight is 424 g/mol. The van der Waals surface area contributed by atoms with Gasteiger partial charge in [0.1, 0.15) is 18.2 Å². The first-order valence-corrected chi connectivity index (χ1v) is 9.85. The zero-order valence-electron chi connectivity index (χ0n) is 17.6. The van der Waals surface area contributed by atoms with Crippen LogP contribution in [-0.4, -0.2) is 54.9 Å². The molecule has 3 rings (SSSR count). The van der Waals surface area contributed by atoms with Crippen molar-refractivity contribution >= 4 is 11.7 Å². The fraction of sp³-hybridized carbons (Fsp3) is 0.261. The Morgan fingerprint density at radius 2 is 1.68 bits per heavy atom. The van der Waals surface area contributed by atoms with E-state index in [0.717, 1.165) is 11.3 Å². The topological polar surface area (TPSA) is 67.8 Å². The molecule has 0 radical (unpaired) electrons. The minimum Gasteiger partial charge on any atom is -0.492 e. The number of carbonyl (C=O) groups excluding carboxylic acids is 1. The highest BCUT2D eigenvalue weighted by Gasteiger charge is 2.11. The number of hydrogen-bond donors (Lipinski definition) is 0. The fourth-order valence-electron chi connectivity index (χ4n) is 2.73. The van der Waals surface area contributed by atoms with E-state index in [1.165, 1.54) is 12.1 Å². The van der Waals surface area contributed by atoms with Crippen molar-refractivity contribution in [3.63, 3.8) is 0 Å². The molecular formula is C23H25FN4O3. The van der Waals surface area contributed by atoms with Crippen LogP contribution in [0.2, 0.25) is 0 Å². The number of carbonyl (C=O) groups is 1. The molecule has 0 unspecified atom stereocenters. The van der Waals surface area contributed by atoms with E-state index < -0.39 is 0 Å². The van der Waals surface area contributed by atoms with Crippen molar-refractivity contribution < 1.29 is 18.7 Å². The molecule has 1 heterocycles. The molecule has 0 aliphatic carbocycles. The Hall–Kier alpha value is -3.68. The van der Waals surface area contributed by atoms with E-state index in [0.29, 0.717) is 25.5 Å². The Balaban J connectivity index is 1.41. The number of rotatable bonds is 10. The Morgan fingerprint density at radius 1 is 0.935 bits per heavy atom. The number of nitrogens with zero attached hydrogens (tertiary/aromatic N) is 4. The highest BCUT2D eigenvalue weighted by Crippen LogP contribution is 2.15. The van der Waals surface area contributed by atoms with E-state index in [1.807, 2.05) is 42.3 Å². The summed E-state index contributed by atoms with van der Waals surface area (Å²) in [4.78, 5) is 15.7. The number of ether oxygens (including phenoxy) is 2. The van der Waals surface area contributed by atoms with Crippen LogP contribution in [0.4, 0.5) is 10.2 Å². The molecule has 0 saturated heterocycles. The van der Waals surface area contributed by atoms with Gasteiger partial charge in [0.05, 0.1) is 6.54 Å². The van der Waals surface area contributed by atoms with Crippen LogP contribution in [0.25, 0.3) is 0 Å². The zero-order valence-corrected chi connectivity index (χ0v) is 17.6. The third kappa shape index (κ3) is 6.95. The summed E-state index contributed by atoms with van der Waals surface area (Å²) in [5.41, 5.74) is 0.955. The lowest BCUT2D eigenvalue weighted by molar-refractivity contribution is -0.132. The van der Waals surface area contributed by atoms with Crippen LogP contribution in [0, 0.1) is 5.82 Å². The summed E-state index contributed by atoms with van der Waals surface area (Å²) in [6.45, 7) is 1.25. The second kappa shape index (κ2) is 10.9. The van der Waals surface area contributed by atoms with Gasteiger partial charge in [-0.3, -0.25) is 4.79 Å². The fourth-order valence-corrected chi connectivity index (χ4v) is 2.73. The smallest absolute Gasteiger partial charge is 0.260 e. The number of likely N-dealkylation sites (N-methyl/N-ethyl adjacent to an activating group) is 1. The molecule has 31 heavy (non-hydrogen) atoms. The standard InChI is InChI=1S/C23H25FN4O3/c1-27(14-15-30-20-6-4-3-5-7-20)23(29)17-31-22-13-12-21(25-26-22)28(2)16-18-8-10-19(24)11-9-18/h3-13H,14-17H2,1-2H3. The van der Waals surface area contributed by atoms with Crippen LogP contribution in [-0.2, 0) is 11.3 Å². The maximum absolute atomic E-state index is 13.0. The second-order valence-electron chi connectivity index (χ2n) is 6.98. The summed E-state index contributed by atoms with van der Waals surface area (Å²) in [6.07, 6.45) is 0. The van der Waals surface area contributed by atoms with Crippen molar-refractivity contribution in [2.75, 3.05) is 38.8 Å². The number of hydrogen-bond acceptors (Lipinski definition) is 6. The Bertz CT molecular complexity index is 953. The summed E-state index contributed by atoms with van der Waals surface area (Å²) in [5.74, 6) is 1.21. The van der Waals surface area contributed by atoms with E-state index in [9.17, 15) is 9.18 Å². The monoisotopic (exact) mass is 424 g/mol. The van der Waals surface area contributed by atoms with E-state index in [-0.39, 0.29) is 24.2 Å². The molecule has 0 bridgehead atoms. The Morgan fingerprint density at radius 3 is 2.35 bits per heavy atom. The molecule has 0 atom stereocenters. The first kappa shape index (κ1) is 22.0. The molecule has 0 aliphatic heterocycles. The molecule has 3 aromatic rings. The lowest BCUT2D eigenvalue weighted by Crippen LogP contribution is -2.34. The molecule has 0 saturated carbocycles. The third-order valence-electron chi connectivity index (χ3n) is 4.56. The quantitative estimate of drug-likeness (QED) is 0.498. The first-order chi connectivity index (χ1) is 15.0.